The molecule has 23 heavy (non-hydrogen) atoms. The molecule has 1 heterocycles. The summed E-state index contributed by atoms with van der Waals surface area (Å²) in [6, 6.07) is 8.28. The van der Waals surface area contributed by atoms with Crippen LogP contribution >= 0.6 is 34.8 Å². The summed E-state index contributed by atoms with van der Waals surface area (Å²) in [6.45, 7) is 0.937. The van der Waals surface area contributed by atoms with E-state index in [-0.39, 0.29) is 12.3 Å². The number of benzene rings is 2. The number of fused-ring (bicyclic) bond motifs is 1. The highest BCUT2D eigenvalue weighted by Crippen LogP contribution is 2.38. The SMILES string of the molecule is O=C(Cc1ccc(Cl)cc1Cl)Nc1cc2c(cc1Cl)OCCO2. The summed E-state index contributed by atoms with van der Waals surface area (Å²) in [5.74, 6) is 0.883. The second-order valence-corrected chi connectivity index (χ2v) is 6.19. The third kappa shape index (κ3) is 3.83. The summed E-state index contributed by atoms with van der Waals surface area (Å²) in [5, 5.41) is 4.10. The number of halogens is 3. The van der Waals surface area contributed by atoms with Crippen molar-refractivity contribution in [1.82, 2.24) is 0 Å². The van der Waals surface area contributed by atoms with Gasteiger partial charge in [0, 0.05) is 22.2 Å². The van der Waals surface area contributed by atoms with Crippen LogP contribution in [0.5, 0.6) is 11.5 Å². The largest absolute Gasteiger partial charge is 0.486 e. The van der Waals surface area contributed by atoms with E-state index in [9.17, 15) is 4.79 Å². The number of rotatable bonds is 3. The van der Waals surface area contributed by atoms with E-state index in [0.717, 1.165) is 0 Å². The summed E-state index contributed by atoms with van der Waals surface area (Å²) in [7, 11) is 0. The zero-order chi connectivity index (χ0) is 16.4. The van der Waals surface area contributed by atoms with Gasteiger partial charge in [-0.1, -0.05) is 40.9 Å². The number of hydrogen-bond donors (Lipinski definition) is 1. The van der Waals surface area contributed by atoms with Gasteiger partial charge >= 0.3 is 0 Å². The van der Waals surface area contributed by atoms with Gasteiger partial charge in [-0.05, 0) is 17.7 Å². The molecule has 1 aliphatic heterocycles. The van der Waals surface area contributed by atoms with Gasteiger partial charge in [-0.15, -0.1) is 0 Å². The Morgan fingerprint density at radius 3 is 2.39 bits per heavy atom. The Balaban J connectivity index is 1.75. The molecule has 1 N–H and O–H groups in total. The highest BCUT2D eigenvalue weighted by molar-refractivity contribution is 6.35. The molecule has 0 aromatic heterocycles. The van der Waals surface area contributed by atoms with Crippen LogP contribution in [-0.2, 0) is 11.2 Å². The fraction of sp³-hybridized carbons (Fsp3) is 0.188. The number of ether oxygens (including phenoxy) is 2. The minimum absolute atomic E-state index is 0.112. The third-order valence-corrected chi connectivity index (χ3v) is 4.17. The number of hydrogen-bond acceptors (Lipinski definition) is 3. The lowest BCUT2D eigenvalue weighted by molar-refractivity contribution is -0.115. The zero-order valence-electron chi connectivity index (χ0n) is 11.9. The molecule has 0 saturated heterocycles. The molecule has 0 bridgehead atoms. The minimum Gasteiger partial charge on any atom is -0.486 e. The van der Waals surface area contributed by atoms with Crippen molar-refractivity contribution in [2.75, 3.05) is 18.5 Å². The predicted molar refractivity (Wildman–Crippen MR) is 91.2 cm³/mol. The second-order valence-electron chi connectivity index (χ2n) is 4.94. The molecule has 2 aromatic rings. The van der Waals surface area contributed by atoms with Crippen molar-refractivity contribution >= 4 is 46.4 Å². The topological polar surface area (TPSA) is 47.6 Å². The lowest BCUT2D eigenvalue weighted by atomic mass is 10.1. The standard InChI is InChI=1S/C16H12Cl3NO3/c17-10-2-1-9(11(18)6-10)5-16(21)20-13-8-15-14(7-12(13)19)22-3-4-23-15/h1-2,6-8H,3-5H2,(H,20,21). The molecule has 0 spiro atoms. The van der Waals surface area contributed by atoms with Crippen LogP contribution in [0.25, 0.3) is 0 Å². The lowest BCUT2D eigenvalue weighted by Gasteiger charge is -2.20. The Labute approximate surface area is 148 Å². The Morgan fingerprint density at radius 1 is 1.00 bits per heavy atom. The van der Waals surface area contributed by atoms with Gasteiger partial charge in [0.25, 0.3) is 0 Å². The summed E-state index contributed by atoms with van der Waals surface area (Å²) in [4.78, 5) is 12.2. The first-order valence-electron chi connectivity index (χ1n) is 6.86. The van der Waals surface area contributed by atoms with Crippen LogP contribution in [0.2, 0.25) is 15.1 Å². The number of nitrogens with one attached hydrogen (secondary N) is 1. The van der Waals surface area contributed by atoms with E-state index in [1.807, 2.05) is 0 Å². The van der Waals surface area contributed by atoms with Crippen molar-refractivity contribution in [2.45, 2.75) is 6.42 Å². The average molecular weight is 373 g/mol. The zero-order valence-corrected chi connectivity index (χ0v) is 14.1. The predicted octanol–water partition coefficient (Wildman–Crippen LogP) is 4.60. The van der Waals surface area contributed by atoms with E-state index in [4.69, 9.17) is 44.3 Å². The van der Waals surface area contributed by atoms with Gasteiger partial charge in [0.1, 0.15) is 13.2 Å². The summed E-state index contributed by atoms with van der Waals surface area (Å²) in [6.07, 6.45) is 0.112. The minimum atomic E-state index is -0.243. The van der Waals surface area contributed by atoms with Crippen molar-refractivity contribution < 1.29 is 14.3 Å². The molecule has 0 atom stereocenters. The molecule has 4 nitrogen and oxygen atoms in total. The van der Waals surface area contributed by atoms with Crippen LogP contribution in [0.1, 0.15) is 5.56 Å². The van der Waals surface area contributed by atoms with Crippen LogP contribution in [0.15, 0.2) is 30.3 Å². The maximum Gasteiger partial charge on any atom is 0.228 e. The van der Waals surface area contributed by atoms with E-state index < -0.39 is 0 Å². The highest BCUT2D eigenvalue weighted by atomic mass is 35.5. The van der Waals surface area contributed by atoms with Gasteiger partial charge in [-0.3, -0.25) is 4.79 Å². The van der Waals surface area contributed by atoms with Crippen molar-refractivity contribution in [3.8, 4) is 11.5 Å². The molecule has 7 heteroatoms. The van der Waals surface area contributed by atoms with Crippen LogP contribution in [0.3, 0.4) is 0 Å². The van der Waals surface area contributed by atoms with Gasteiger partial charge in [0.05, 0.1) is 17.1 Å². The monoisotopic (exact) mass is 371 g/mol. The molecule has 0 unspecified atom stereocenters. The highest BCUT2D eigenvalue weighted by Gasteiger charge is 2.17. The van der Waals surface area contributed by atoms with Crippen LogP contribution in [0, 0.1) is 0 Å². The first-order chi connectivity index (χ1) is 11.0. The number of carbonyl (C=O) groups is 1. The molecule has 0 fully saturated rings. The second kappa shape index (κ2) is 6.87. The van der Waals surface area contributed by atoms with Crippen molar-refractivity contribution in [3.63, 3.8) is 0 Å². The lowest BCUT2D eigenvalue weighted by Crippen LogP contribution is -2.17. The Kier molecular flexibility index (Phi) is 4.85. The van der Waals surface area contributed by atoms with E-state index in [0.29, 0.717) is 51.0 Å². The molecule has 0 aliphatic carbocycles. The summed E-state index contributed by atoms with van der Waals surface area (Å²) < 4.78 is 10.9. The fourth-order valence-corrected chi connectivity index (χ4v) is 2.87. The molecule has 2 aromatic carbocycles. The molecule has 1 aliphatic rings. The summed E-state index contributed by atoms with van der Waals surface area (Å²) >= 11 is 18.1. The van der Waals surface area contributed by atoms with Crippen LogP contribution < -0.4 is 14.8 Å². The normalized spacial score (nSPS) is 12.8. The van der Waals surface area contributed by atoms with Gasteiger partial charge in [-0.2, -0.15) is 0 Å². The van der Waals surface area contributed by atoms with E-state index in [1.54, 1.807) is 30.3 Å². The Hall–Kier alpha value is -1.62. The van der Waals surface area contributed by atoms with Gasteiger partial charge in [0.2, 0.25) is 5.91 Å². The number of amides is 1. The van der Waals surface area contributed by atoms with Gasteiger partial charge < -0.3 is 14.8 Å². The quantitative estimate of drug-likeness (QED) is 0.856. The third-order valence-electron chi connectivity index (χ3n) is 3.27. The van der Waals surface area contributed by atoms with Crippen LogP contribution in [-0.4, -0.2) is 19.1 Å². The van der Waals surface area contributed by atoms with Gasteiger partial charge in [0.15, 0.2) is 11.5 Å². The summed E-state index contributed by atoms with van der Waals surface area (Å²) in [5.41, 5.74) is 1.15. The molecule has 0 radical (unpaired) electrons. The Morgan fingerprint density at radius 2 is 1.70 bits per heavy atom. The molecular formula is C16H12Cl3NO3. The van der Waals surface area contributed by atoms with Crippen LogP contribution in [0.4, 0.5) is 5.69 Å². The van der Waals surface area contributed by atoms with E-state index in [1.165, 1.54) is 0 Å². The molecular weight excluding hydrogens is 361 g/mol. The van der Waals surface area contributed by atoms with Crippen molar-refractivity contribution in [1.29, 1.82) is 0 Å². The first kappa shape index (κ1) is 16.2. The van der Waals surface area contributed by atoms with Gasteiger partial charge in [-0.25, -0.2) is 0 Å². The molecule has 3 rings (SSSR count). The maximum absolute atomic E-state index is 12.2. The average Bonchev–Trinajstić information content (AvgIpc) is 2.51. The molecule has 120 valence electrons. The molecule has 1 amide bonds. The first-order valence-corrected chi connectivity index (χ1v) is 7.99. The van der Waals surface area contributed by atoms with Crippen molar-refractivity contribution in [2.24, 2.45) is 0 Å². The number of carbonyl (C=O) groups excluding carboxylic acids is 1. The smallest absolute Gasteiger partial charge is 0.228 e. The Bertz CT molecular complexity index is 764. The van der Waals surface area contributed by atoms with Crippen molar-refractivity contribution in [3.05, 3.63) is 51.0 Å². The molecule has 0 saturated carbocycles. The number of anilines is 1. The maximum atomic E-state index is 12.2. The van der Waals surface area contributed by atoms with E-state index >= 15 is 0 Å². The van der Waals surface area contributed by atoms with E-state index in [2.05, 4.69) is 5.32 Å². The fourth-order valence-electron chi connectivity index (χ4n) is 2.19.